The minimum atomic E-state index is -0.468. The summed E-state index contributed by atoms with van der Waals surface area (Å²) in [6.07, 6.45) is 8.85. The van der Waals surface area contributed by atoms with Crippen LogP contribution >= 0.6 is 0 Å². The van der Waals surface area contributed by atoms with Gasteiger partial charge in [0.25, 0.3) is 0 Å². The summed E-state index contributed by atoms with van der Waals surface area (Å²) in [5, 5.41) is 0. The third kappa shape index (κ3) is 13.0. The number of ether oxygens (including phenoxy) is 3. The van der Waals surface area contributed by atoms with Crippen molar-refractivity contribution in [2.75, 3.05) is 34.9 Å². The van der Waals surface area contributed by atoms with E-state index in [-0.39, 0.29) is 30.6 Å². The quantitative estimate of drug-likeness (QED) is 0.177. The molecule has 188 valence electrons. The zero-order chi connectivity index (χ0) is 24.8. The Hall–Kier alpha value is -1.63. The van der Waals surface area contributed by atoms with Crippen LogP contribution in [0.4, 0.5) is 0 Å². The first kappa shape index (κ1) is 30.4. The average molecular weight is 458 g/mol. The molecule has 0 heterocycles. The van der Waals surface area contributed by atoms with Crippen LogP contribution in [0.1, 0.15) is 91.9 Å². The molecule has 0 aliphatic heterocycles. The van der Waals surface area contributed by atoms with Crippen molar-refractivity contribution < 1.29 is 28.6 Å². The van der Waals surface area contributed by atoms with Gasteiger partial charge in [0.1, 0.15) is 6.10 Å². The van der Waals surface area contributed by atoms with Crippen molar-refractivity contribution >= 4 is 17.9 Å². The summed E-state index contributed by atoms with van der Waals surface area (Å²) in [6, 6.07) is 0. The van der Waals surface area contributed by atoms with E-state index in [0.717, 1.165) is 64.2 Å². The highest BCUT2D eigenvalue weighted by atomic mass is 16.5. The first-order valence-electron chi connectivity index (χ1n) is 11.9. The summed E-state index contributed by atoms with van der Waals surface area (Å²) in [5.74, 6) is -0.551. The molecule has 0 unspecified atom stereocenters. The van der Waals surface area contributed by atoms with Crippen LogP contribution < -0.4 is 0 Å². The van der Waals surface area contributed by atoms with Crippen LogP contribution in [-0.4, -0.2) is 63.8 Å². The van der Waals surface area contributed by atoms with Gasteiger partial charge in [-0.3, -0.25) is 19.3 Å². The topological polar surface area (TPSA) is 82.1 Å². The Morgan fingerprint density at radius 3 is 1.47 bits per heavy atom. The Morgan fingerprint density at radius 1 is 0.719 bits per heavy atom. The van der Waals surface area contributed by atoms with Gasteiger partial charge in [-0.15, -0.1) is 0 Å². The largest absolute Gasteiger partial charge is 0.469 e. The second-order valence-corrected chi connectivity index (χ2v) is 10.3. The molecule has 0 aromatic rings. The smallest absolute Gasteiger partial charge is 0.320 e. The van der Waals surface area contributed by atoms with Crippen molar-refractivity contribution in [3.8, 4) is 0 Å². The fourth-order valence-electron chi connectivity index (χ4n) is 3.73. The fourth-order valence-corrected chi connectivity index (χ4v) is 3.73. The molecule has 7 heteroatoms. The molecule has 0 N–H and O–H groups in total. The molecule has 0 saturated carbocycles. The van der Waals surface area contributed by atoms with E-state index in [4.69, 9.17) is 14.2 Å². The molecule has 0 amide bonds. The lowest BCUT2D eigenvalue weighted by molar-refractivity contribution is -0.152. The highest BCUT2D eigenvalue weighted by Crippen LogP contribution is 2.27. The minimum absolute atomic E-state index is 0.0929. The second kappa shape index (κ2) is 15.3. The molecule has 0 aromatic heterocycles. The van der Waals surface area contributed by atoms with Gasteiger partial charge in [-0.05, 0) is 80.3 Å². The summed E-state index contributed by atoms with van der Waals surface area (Å²) in [6.45, 7) is 7.91. The predicted octanol–water partition coefficient (Wildman–Crippen LogP) is 4.76. The van der Waals surface area contributed by atoms with Crippen molar-refractivity contribution in [1.29, 1.82) is 0 Å². The highest BCUT2D eigenvalue weighted by Gasteiger charge is 2.28. The van der Waals surface area contributed by atoms with Crippen molar-refractivity contribution in [3.63, 3.8) is 0 Å². The van der Waals surface area contributed by atoms with Gasteiger partial charge in [0.15, 0.2) is 0 Å². The molecule has 0 atom stereocenters. The fraction of sp³-hybridized carbons (Fsp3) is 0.880. The summed E-state index contributed by atoms with van der Waals surface area (Å²) in [5.41, 5.74) is -0.936. The molecule has 0 saturated heterocycles. The molecule has 0 fully saturated rings. The lowest BCUT2D eigenvalue weighted by Gasteiger charge is -2.22. The van der Waals surface area contributed by atoms with Gasteiger partial charge in [-0.25, -0.2) is 0 Å². The lowest BCUT2D eigenvalue weighted by atomic mass is 9.86. The Morgan fingerprint density at radius 2 is 1.12 bits per heavy atom. The summed E-state index contributed by atoms with van der Waals surface area (Å²) >= 11 is 0. The van der Waals surface area contributed by atoms with E-state index in [2.05, 4.69) is 0 Å². The van der Waals surface area contributed by atoms with Crippen LogP contribution in [0.15, 0.2) is 0 Å². The van der Waals surface area contributed by atoms with Crippen LogP contribution in [0.5, 0.6) is 0 Å². The zero-order valence-electron chi connectivity index (χ0n) is 21.8. The van der Waals surface area contributed by atoms with Gasteiger partial charge >= 0.3 is 17.9 Å². The molecule has 0 spiro atoms. The third-order valence-electron chi connectivity index (χ3n) is 5.88. The molecule has 0 aliphatic rings. The highest BCUT2D eigenvalue weighted by molar-refractivity contribution is 5.76. The van der Waals surface area contributed by atoms with Gasteiger partial charge in [-0.2, -0.15) is 0 Å². The first-order valence-corrected chi connectivity index (χ1v) is 11.9. The number of methoxy groups -OCH3 is 2. The SMILES string of the molecule is COC(=O)C(C)(C)CCCCCC(CCCCCC(C)(C)C(=O)OC)OC(=O)CN(C)C. The maximum absolute atomic E-state index is 12.2. The van der Waals surface area contributed by atoms with Gasteiger partial charge in [0.05, 0.1) is 31.6 Å². The van der Waals surface area contributed by atoms with Gasteiger partial charge in [0.2, 0.25) is 0 Å². The van der Waals surface area contributed by atoms with Crippen LogP contribution in [0.3, 0.4) is 0 Å². The molecular formula is C25H47NO6. The molecule has 32 heavy (non-hydrogen) atoms. The van der Waals surface area contributed by atoms with Crippen LogP contribution in [0.25, 0.3) is 0 Å². The van der Waals surface area contributed by atoms with E-state index in [1.165, 1.54) is 14.2 Å². The molecule has 0 aliphatic carbocycles. The van der Waals surface area contributed by atoms with Crippen molar-refractivity contribution in [2.24, 2.45) is 10.8 Å². The number of unbranched alkanes of at least 4 members (excludes halogenated alkanes) is 4. The number of rotatable bonds is 17. The van der Waals surface area contributed by atoms with E-state index in [9.17, 15) is 14.4 Å². The van der Waals surface area contributed by atoms with E-state index >= 15 is 0 Å². The van der Waals surface area contributed by atoms with Gasteiger partial charge < -0.3 is 14.2 Å². The molecule has 7 nitrogen and oxygen atoms in total. The predicted molar refractivity (Wildman–Crippen MR) is 126 cm³/mol. The Bertz CT molecular complexity index is 533. The van der Waals surface area contributed by atoms with Crippen LogP contribution in [0, 0.1) is 10.8 Å². The number of hydrogen-bond acceptors (Lipinski definition) is 7. The van der Waals surface area contributed by atoms with Crippen LogP contribution in [-0.2, 0) is 28.6 Å². The standard InChI is InChI=1S/C25H47NO6/c1-24(2,22(28)30-7)17-13-9-11-15-20(32-21(27)19-26(5)6)16-12-10-14-18-25(3,4)23(29)31-8/h20H,9-19H2,1-8H3. The molecule has 0 aromatic carbocycles. The second-order valence-electron chi connectivity index (χ2n) is 10.3. The number of carbonyl (C=O) groups excluding carboxylic acids is 3. The minimum Gasteiger partial charge on any atom is -0.469 e. The number of carbonyl (C=O) groups is 3. The third-order valence-corrected chi connectivity index (χ3v) is 5.88. The maximum atomic E-state index is 12.2. The number of nitrogens with zero attached hydrogens (tertiary/aromatic N) is 1. The van der Waals surface area contributed by atoms with E-state index in [0.29, 0.717) is 0 Å². The Kier molecular flexibility index (Phi) is 14.5. The summed E-state index contributed by atoms with van der Waals surface area (Å²) in [4.78, 5) is 37.5. The number of likely N-dealkylation sites (N-methyl/N-ethyl adjacent to an activating group) is 1. The zero-order valence-corrected chi connectivity index (χ0v) is 21.8. The van der Waals surface area contributed by atoms with E-state index in [1.54, 1.807) is 0 Å². The molecule has 0 rings (SSSR count). The average Bonchev–Trinajstić information content (AvgIpc) is 2.70. The van der Waals surface area contributed by atoms with Crippen molar-refractivity contribution in [3.05, 3.63) is 0 Å². The monoisotopic (exact) mass is 457 g/mol. The molecule has 0 radical (unpaired) electrons. The Balaban J connectivity index is 4.46. The van der Waals surface area contributed by atoms with Crippen LogP contribution in [0.2, 0.25) is 0 Å². The lowest BCUT2D eigenvalue weighted by Crippen LogP contribution is -2.28. The first-order chi connectivity index (χ1) is 14.9. The van der Waals surface area contributed by atoms with Gasteiger partial charge in [-0.1, -0.05) is 25.7 Å². The van der Waals surface area contributed by atoms with Crippen molar-refractivity contribution in [2.45, 2.75) is 98.0 Å². The van der Waals surface area contributed by atoms with Gasteiger partial charge in [0, 0.05) is 0 Å². The molecular weight excluding hydrogens is 410 g/mol. The maximum Gasteiger partial charge on any atom is 0.320 e. The summed E-state index contributed by atoms with van der Waals surface area (Å²) < 4.78 is 15.5. The summed E-state index contributed by atoms with van der Waals surface area (Å²) in [7, 11) is 6.55. The Labute approximate surface area is 195 Å². The normalized spacial score (nSPS) is 12.2. The molecule has 0 bridgehead atoms. The number of esters is 3. The van der Waals surface area contributed by atoms with Crippen molar-refractivity contribution in [1.82, 2.24) is 4.90 Å². The number of hydrogen-bond donors (Lipinski definition) is 0. The van der Waals surface area contributed by atoms with E-state index in [1.807, 2.05) is 46.7 Å². The van der Waals surface area contributed by atoms with E-state index < -0.39 is 10.8 Å².